The van der Waals surface area contributed by atoms with Gasteiger partial charge in [-0.2, -0.15) is 0 Å². The quantitative estimate of drug-likeness (QED) is 0.350. The maximum Gasteiger partial charge on any atom is 0.310 e. The first-order valence-corrected chi connectivity index (χ1v) is 8.96. The van der Waals surface area contributed by atoms with Crippen molar-refractivity contribution in [3.63, 3.8) is 0 Å². The van der Waals surface area contributed by atoms with Gasteiger partial charge in [-0.1, -0.05) is 44.2 Å². The number of ether oxygens (including phenoxy) is 1. The Labute approximate surface area is 141 Å². The van der Waals surface area contributed by atoms with Gasteiger partial charge in [-0.05, 0) is 36.4 Å². The number of benzene rings is 2. The van der Waals surface area contributed by atoms with Crippen molar-refractivity contribution < 1.29 is 29.3 Å². The smallest absolute Gasteiger partial charge is 0.310 e. The Morgan fingerprint density at radius 3 is 2.28 bits per heavy atom. The Morgan fingerprint density at radius 2 is 1.72 bits per heavy atom. The van der Waals surface area contributed by atoms with Crippen LogP contribution in [0.1, 0.15) is 11.8 Å². The second-order valence-corrected chi connectivity index (χ2v) is 7.62. The molecular formula is C16H16F5NO2S. The molecule has 0 aliphatic carbocycles. The molecular weight excluding hydrogens is 365 g/mol. The summed E-state index contributed by atoms with van der Waals surface area (Å²) in [6.45, 7) is 3.77. The van der Waals surface area contributed by atoms with Crippen LogP contribution in [0.25, 0.3) is 0 Å². The van der Waals surface area contributed by atoms with Gasteiger partial charge in [0.2, 0.25) is 0 Å². The van der Waals surface area contributed by atoms with Crippen molar-refractivity contribution in [1.82, 2.24) is 0 Å². The average Bonchev–Trinajstić information content (AvgIpc) is 2.51. The minimum absolute atomic E-state index is 0.0514. The number of halogens is 5. The molecule has 0 amide bonds. The van der Waals surface area contributed by atoms with E-state index in [1.54, 1.807) is 24.3 Å². The van der Waals surface area contributed by atoms with Crippen molar-refractivity contribution >= 4 is 15.9 Å². The van der Waals surface area contributed by atoms with Crippen LogP contribution in [0, 0.1) is 0 Å². The van der Waals surface area contributed by atoms with Crippen LogP contribution in [-0.2, 0) is 0 Å². The lowest BCUT2D eigenvalue weighted by molar-refractivity contribution is 0.207. The summed E-state index contributed by atoms with van der Waals surface area (Å²) in [6.07, 6.45) is 0.278. The van der Waals surface area contributed by atoms with E-state index in [0.717, 1.165) is 12.1 Å². The first kappa shape index (κ1) is 19.1. The van der Waals surface area contributed by atoms with Gasteiger partial charge in [0.1, 0.15) is 17.3 Å². The fraction of sp³-hybridized carbons (Fsp3) is 0.125. The van der Waals surface area contributed by atoms with Gasteiger partial charge in [0.15, 0.2) is 6.23 Å². The van der Waals surface area contributed by atoms with Gasteiger partial charge in [-0.3, -0.25) is 0 Å². The second kappa shape index (κ2) is 5.92. The van der Waals surface area contributed by atoms with Gasteiger partial charge in [-0.25, -0.2) is 0 Å². The molecule has 9 heteroatoms. The van der Waals surface area contributed by atoms with E-state index in [0.29, 0.717) is 11.3 Å². The van der Waals surface area contributed by atoms with E-state index < -0.39 is 21.3 Å². The van der Waals surface area contributed by atoms with Crippen molar-refractivity contribution in [2.45, 2.75) is 11.1 Å². The summed E-state index contributed by atoms with van der Waals surface area (Å²) in [7, 11) is -9.70. The molecule has 1 unspecified atom stereocenters. The number of rotatable bonds is 7. The molecule has 25 heavy (non-hydrogen) atoms. The molecule has 0 saturated carbocycles. The largest absolute Gasteiger partial charge is 0.490 e. The molecule has 3 nitrogen and oxygen atoms in total. The highest BCUT2D eigenvalue weighted by Gasteiger charge is 2.65. The normalized spacial score (nSPS) is 15.6. The zero-order valence-electron chi connectivity index (χ0n) is 12.8. The summed E-state index contributed by atoms with van der Waals surface area (Å²) in [5.41, 5.74) is 0.439. The van der Waals surface area contributed by atoms with Gasteiger partial charge in [0.05, 0.1) is 0 Å². The minimum atomic E-state index is -9.70. The Morgan fingerprint density at radius 1 is 1.08 bits per heavy atom. The second-order valence-electron chi connectivity index (χ2n) is 5.21. The van der Waals surface area contributed by atoms with Gasteiger partial charge in [-0.15, -0.1) is 0 Å². The van der Waals surface area contributed by atoms with E-state index in [4.69, 9.17) is 4.74 Å². The van der Waals surface area contributed by atoms with Gasteiger partial charge in [0.25, 0.3) is 0 Å². The number of aliphatic hydroxyl groups excluding tert-OH is 1. The lowest BCUT2D eigenvalue weighted by Gasteiger charge is -2.40. The van der Waals surface area contributed by atoms with E-state index in [9.17, 15) is 24.5 Å². The Kier molecular flexibility index (Phi) is 4.52. The SMILES string of the molecule is C=CCOc1cccc(C(O)Nc2ccc(S(F)(F)(F)(F)F)cc2)c1. The summed E-state index contributed by atoms with van der Waals surface area (Å²) in [5.74, 6) is 0.467. The van der Waals surface area contributed by atoms with E-state index >= 15 is 0 Å². The summed E-state index contributed by atoms with van der Waals surface area (Å²) >= 11 is 0. The van der Waals surface area contributed by atoms with Crippen LogP contribution in [0.4, 0.5) is 25.1 Å². The standard InChI is InChI=1S/C16H16F5NO2S/c1-2-10-24-14-5-3-4-12(11-14)16(23)22-13-6-8-15(9-7-13)25(17,18,19,20)21/h2-9,11,16,22-23H,1,10H2. The third kappa shape index (κ3) is 5.36. The molecule has 0 aliphatic heterocycles. The molecule has 0 saturated heterocycles. The molecule has 2 rings (SSSR count). The van der Waals surface area contributed by atoms with Gasteiger partial charge >= 0.3 is 10.2 Å². The summed E-state index contributed by atoms with van der Waals surface area (Å²) in [5, 5.41) is 12.6. The van der Waals surface area contributed by atoms with Crippen molar-refractivity contribution in [2.24, 2.45) is 0 Å². The maximum absolute atomic E-state index is 12.7. The maximum atomic E-state index is 12.7. The molecule has 138 valence electrons. The molecule has 2 aromatic carbocycles. The van der Waals surface area contributed by atoms with Gasteiger partial charge in [0, 0.05) is 11.3 Å². The van der Waals surface area contributed by atoms with Crippen molar-refractivity contribution in [3.05, 3.63) is 66.7 Å². The molecule has 0 radical (unpaired) electrons. The molecule has 0 fully saturated rings. The third-order valence-electron chi connectivity index (χ3n) is 3.14. The fourth-order valence-electron chi connectivity index (χ4n) is 1.98. The van der Waals surface area contributed by atoms with Crippen LogP contribution in [0.5, 0.6) is 5.75 Å². The van der Waals surface area contributed by atoms with Crippen LogP contribution < -0.4 is 10.1 Å². The summed E-state index contributed by atoms with van der Waals surface area (Å²) in [4.78, 5) is -1.99. The summed E-state index contributed by atoms with van der Waals surface area (Å²) in [6, 6.07) is 8.59. The van der Waals surface area contributed by atoms with Gasteiger partial charge < -0.3 is 15.2 Å². The number of aliphatic hydroxyl groups is 1. The lowest BCUT2D eigenvalue weighted by atomic mass is 10.2. The Bertz CT molecular complexity index is 763. The van der Waals surface area contributed by atoms with E-state index in [1.807, 2.05) is 0 Å². The van der Waals surface area contributed by atoms with Crippen molar-refractivity contribution in [1.29, 1.82) is 0 Å². The monoisotopic (exact) mass is 381 g/mol. The van der Waals surface area contributed by atoms with Crippen LogP contribution in [-0.4, -0.2) is 11.7 Å². The van der Waals surface area contributed by atoms with E-state index in [1.165, 1.54) is 6.07 Å². The fourth-order valence-corrected chi connectivity index (χ4v) is 2.63. The highest BCUT2D eigenvalue weighted by molar-refractivity contribution is 8.45. The molecule has 0 bridgehead atoms. The summed E-state index contributed by atoms with van der Waals surface area (Å²) < 4.78 is 68.6. The van der Waals surface area contributed by atoms with E-state index in [-0.39, 0.29) is 24.4 Å². The Hall–Kier alpha value is -2.26. The zero-order valence-corrected chi connectivity index (χ0v) is 13.7. The molecule has 1 atom stereocenters. The van der Waals surface area contributed by atoms with E-state index in [2.05, 4.69) is 11.9 Å². The number of hydrogen-bond donors (Lipinski definition) is 2. The first-order valence-electron chi connectivity index (χ1n) is 7.01. The van der Waals surface area contributed by atoms with Crippen molar-refractivity contribution in [2.75, 3.05) is 11.9 Å². The Balaban J connectivity index is 2.14. The lowest BCUT2D eigenvalue weighted by Crippen LogP contribution is -2.10. The predicted octanol–water partition coefficient (Wildman–Crippen LogP) is 6.01. The third-order valence-corrected chi connectivity index (χ3v) is 4.31. The zero-order chi connectivity index (χ0) is 18.8. The topological polar surface area (TPSA) is 41.5 Å². The molecule has 0 aromatic heterocycles. The minimum Gasteiger partial charge on any atom is -0.490 e. The predicted molar refractivity (Wildman–Crippen MR) is 88.6 cm³/mol. The number of hydrogen-bond acceptors (Lipinski definition) is 3. The molecule has 2 aromatic rings. The first-order chi connectivity index (χ1) is 11.4. The number of nitrogens with one attached hydrogen (secondary N) is 1. The highest BCUT2D eigenvalue weighted by Crippen LogP contribution is 3.02. The van der Waals surface area contributed by atoms with Crippen LogP contribution in [0.15, 0.2) is 66.1 Å². The molecule has 0 spiro atoms. The van der Waals surface area contributed by atoms with Crippen LogP contribution in [0.3, 0.4) is 0 Å². The highest BCUT2D eigenvalue weighted by atomic mass is 32.5. The van der Waals surface area contributed by atoms with Crippen LogP contribution >= 0.6 is 10.2 Å². The molecule has 0 aliphatic rings. The van der Waals surface area contributed by atoms with Crippen LogP contribution in [0.2, 0.25) is 0 Å². The molecule has 2 N–H and O–H groups in total. The van der Waals surface area contributed by atoms with Crippen molar-refractivity contribution in [3.8, 4) is 5.75 Å². The molecule has 0 heterocycles. The number of anilines is 1. The average molecular weight is 381 g/mol.